The van der Waals surface area contributed by atoms with Crippen molar-refractivity contribution in [1.29, 1.82) is 0 Å². The molecule has 10 heteroatoms. The van der Waals surface area contributed by atoms with E-state index in [9.17, 15) is 18.0 Å². The summed E-state index contributed by atoms with van der Waals surface area (Å²) < 4.78 is 39.9. The second-order valence-electron chi connectivity index (χ2n) is 4.34. The van der Waals surface area contributed by atoms with Crippen LogP contribution in [0.3, 0.4) is 0 Å². The molecule has 0 saturated carbocycles. The number of nitrogens with one attached hydrogen (secondary N) is 3. The lowest BCUT2D eigenvalue weighted by Crippen LogP contribution is -2.43. The first-order valence-corrected chi connectivity index (χ1v) is 6.87. The molecule has 0 atom stereocenters. The average molecular weight is 356 g/mol. The summed E-state index contributed by atoms with van der Waals surface area (Å²) in [6.07, 6.45) is -1.81. The summed E-state index contributed by atoms with van der Waals surface area (Å²) in [6.45, 7) is 0. The normalized spacial score (nSPS) is 10.6. The van der Waals surface area contributed by atoms with E-state index in [-0.39, 0.29) is 10.9 Å². The number of carbonyl (C=O) groups is 1. The summed E-state index contributed by atoms with van der Waals surface area (Å²) in [6, 6.07) is 8.00. The minimum Gasteiger partial charge on any atom is -0.406 e. The molecule has 3 N–H and O–H groups in total. The van der Waals surface area contributed by atoms with Crippen molar-refractivity contribution in [2.24, 2.45) is 0 Å². The quantitative estimate of drug-likeness (QED) is 0.580. The zero-order chi connectivity index (χ0) is 17.6. The number of carbonyl (C=O) groups excluding carboxylic acids is 1. The number of ether oxygens (including phenoxy) is 1. The molecule has 1 aromatic heterocycles. The Labute approximate surface area is 140 Å². The number of halogens is 3. The maximum absolute atomic E-state index is 12.1. The minimum absolute atomic E-state index is 0.0573. The first-order chi connectivity index (χ1) is 11.3. The van der Waals surface area contributed by atoms with Gasteiger partial charge >= 0.3 is 6.36 Å². The largest absolute Gasteiger partial charge is 0.573 e. The Bertz CT molecular complexity index is 708. The van der Waals surface area contributed by atoms with E-state index in [2.05, 4.69) is 25.9 Å². The Balaban J connectivity index is 1.83. The van der Waals surface area contributed by atoms with Crippen LogP contribution in [0.4, 0.5) is 18.9 Å². The number of hydrogen-bond acceptors (Lipinski definition) is 4. The van der Waals surface area contributed by atoms with Gasteiger partial charge in [0.05, 0.1) is 0 Å². The number of rotatable bonds is 3. The molecule has 0 aliphatic carbocycles. The van der Waals surface area contributed by atoms with Crippen molar-refractivity contribution in [3.8, 4) is 5.75 Å². The molecule has 1 amide bonds. The van der Waals surface area contributed by atoms with E-state index in [0.717, 1.165) is 12.1 Å². The summed E-state index contributed by atoms with van der Waals surface area (Å²) in [5.74, 6) is -0.770. The van der Waals surface area contributed by atoms with Gasteiger partial charge in [-0.1, -0.05) is 0 Å². The highest BCUT2D eigenvalue weighted by Gasteiger charge is 2.30. The van der Waals surface area contributed by atoms with Crippen molar-refractivity contribution >= 4 is 28.9 Å². The van der Waals surface area contributed by atoms with Crippen LogP contribution in [0.5, 0.6) is 5.75 Å². The van der Waals surface area contributed by atoms with Crippen LogP contribution in [0.15, 0.2) is 48.8 Å². The van der Waals surface area contributed by atoms with Crippen LogP contribution in [-0.2, 0) is 0 Å². The summed E-state index contributed by atoms with van der Waals surface area (Å²) >= 11 is 4.96. The molecule has 126 valence electrons. The first-order valence-electron chi connectivity index (χ1n) is 6.47. The number of nitrogens with zero attached hydrogens (tertiary/aromatic N) is 1. The van der Waals surface area contributed by atoms with Gasteiger partial charge in [0.15, 0.2) is 5.11 Å². The molecule has 6 nitrogen and oxygen atoms in total. The highest BCUT2D eigenvalue weighted by atomic mass is 32.1. The Morgan fingerprint density at radius 1 is 1.04 bits per heavy atom. The molecule has 2 aromatic rings. The highest BCUT2D eigenvalue weighted by molar-refractivity contribution is 7.80. The molecular formula is C14H11F3N4O2S. The molecule has 0 radical (unpaired) electrons. The summed E-state index contributed by atoms with van der Waals surface area (Å²) in [7, 11) is 0. The van der Waals surface area contributed by atoms with E-state index in [1.165, 1.54) is 36.7 Å². The van der Waals surface area contributed by atoms with Gasteiger partial charge in [0.2, 0.25) is 0 Å². The number of amides is 1. The molecular weight excluding hydrogens is 345 g/mol. The zero-order valence-corrected chi connectivity index (χ0v) is 12.7. The zero-order valence-electron chi connectivity index (χ0n) is 11.9. The number of alkyl halides is 3. The van der Waals surface area contributed by atoms with Crippen molar-refractivity contribution in [3.63, 3.8) is 0 Å². The van der Waals surface area contributed by atoms with Crippen molar-refractivity contribution < 1.29 is 22.7 Å². The fourth-order valence-corrected chi connectivity index (χ4v) is 1.76. The second-order valence-corrected chi connectivity index (χ2v) is 4.75. The molecule has 0 aliphatic rings. The average Bonchev–Trinajstić information content (AvgIpc) is 2.54. The number of hydrazine groups is 1. The van der Waals surface area contributed by atoms with Gasteiger partial charge in [-0.05, 0) is 48.6 Å². The lowest BCUT2D eigenvalue weighted by atomic mass is 10.3. The fraction of sp³-hybridized carbons (Fsp3) is 0.0714. The number of pyridine rings is 1. The minimum atomic E-state index is -4.75. The first kappa shape index (κ1) is 17.5. The van der Waals surface area contributed by atoms with Crippen molar-refractivity contribution in [2.75, 3.05) is 5.32 Å². The molecule has 0 spiro atoms. The van der Waals surface area contributed by atoms with Gasteiger partial charge in [-0.15, -0.1) is 13.2 Å². The predicted molar refractivity (Wildman–Crippen MR) is 84.2 cm³/mol. The maximum Gasteiger partial charge on any atom is 0.573 e. The summed E-state index contributed by atoms with van der Waals surface area (Å²) in [5, 5.41) is 2.75. The summed E-state index contributed by atoms with van der Waals surface area (Å²) in [4.78, 5) is 15.6. The smallest absolute Gasteiger partial charge is 0.406 e. The van der Waals surface area contributed by atoms with Crippen LogP contribution >= 0.6 is 12.2 Å². The standard InChI is InChI=1S/C14H11F3N4O2S/c15-14(16,17)23-11-3-1-10(2-4-11)19-13(24)21-20-12(22)9-5-7-18-8-6-9/h1-8H,(H,20,22)(H2,19,21,24). The topological polar surface area (TPSA) is 75.3 Å². The monoisotopic (exact) mass is 356 g/mol. The number of benzene rings is 1. The Morgan fingerprint density at radius 3 is 2.25 bits per heavy atom. The molecule has 2 rings (SSSR count). The molecule has 24 heavy (non-hydrogen) atoms. The molecule has 1 heterocycles. The molecule has 0 unspecified atom stereocenters. The van der Waals surface area contributed by atoms with Gasteiger partial charge < -0.3 is 10.1 Å². The SMILES string of the molecule is O=C(NNC(=S)Nc1ccc(OC(F)(F)F)cc1)c1ccncc1. The van der Waals surface area contributed by atoms with Gasteiger partial charge in [-0.2, -0.15) is 0 Å². The van der Waals surface area contributed by atoms with Crippen LogP contribution in [0.2, 0.25) is 0 Å². The van der Waals surface area contributed by atoms with E-state index in [0.29, 0.717) is 11.3 Å². The van der Waals surface area contributed by atoms with Crippen LogP contribution < -0.4 is 20.9 Å². The van der Waals surface area contributed by atoms with Gasteiger partial charge in [-0.25, -0.2) is 0 Å². The van der Waals surface area contributed by atoms with Crippen LogP contribution in [-0.4, -0.2) is 22.4 Å². The molecule has 0 fully saturated rings. The molecule has 0 bridgehead atoms. The number of hydrogen-bond donors (Lipinski definition) is 3. The van der Waals surface area contributed by atoms with E-state index >= 15 is 0 Å². The molecule has 0 saturated heterocycles. The number of thiocarbonyl (C=S) groups is 1. The Hall–Kier alpha value is -2.88. The van der Waals surface area contributed by atoms with E-state index in [1.54, 1.807) is 0 Å². The van der Waals surface area contributed by atoms with E-state index in [4.69, 9.17) is 12.2 Å². The predicted octanol–water partition coefficient (Wildman–Crippen LogP) is 2.61. The highest BCUT2D eigenvalue weighted by Crippen LogP contribution is 2.23. The van der Waals surface area contributed by atoms with Crippen molar-refractivity contribution in [2.45, 2.75) is 6.36 Å². The Morgan fingerprint density at radius 2 is 1.67 bits per heavy atom. The summed E-state index contributed by atoms with van der Waals surface area (Å²) in [5.41, 5.74) is 5.64. The van der Waals surface area contributed by atoms with Crippen molar-refractivity contribution in [3.05, 3.63) is 54.4 Å². The lowest BCUT2D eigenvalue weighted by molar-refractivity contribution is -0.274. The van der Waals surface area contributed by atoms with Gasteiger partial charge in [-0.3, -0.25) is 20.6 Å². The lowest BCUT2D eigenvalue weighted by Gasteiger charge is -2.12. The number of aromatic nitrogens is 1. The molecule has 0 aliphatic heterocycles. The molecule has 1 aromatic carbocycles. The van der Waals surface area contributed by atoms with Crippen LogP contribution in [0.25, 0.3) is 0 Å². The van der Waals surface area contributed by atoms with Crippen LogP contribution in [0, 0.1) is 0 Å². The van der Waals surface area contributed by atoms with E-state index < -0.39 is 12.3 Å². The Kier molecular flexibility index (Phi) is 5.53. The third-order valence-electron chi connectivity index (χ3n) is 2.58. The van der Waals surface area contributed by atoms with Crippen molar-refractivity contribution in [1.82, 2.24) is 15.8 Å². The number of anilines is 1. The van der Waals surface area contributed by atoms with Gasteiger partial charge in [0.1, 0.15) is 5.75 Å². The van der Waals surface area contributed by atoms with Crippen LogP contribution in [0.1, 0.15) is 10.4 Å². The fourth-order valence-electron chi connectivity index (χ4n) is 1.59. The third kappa shape index (κ3) is 5.72. The second kappa shape index (κ2) is 7.59. The van der Waals surface area contributed by atoms with Gasteiger partial charge in [0, 0.05) is 23.6 Å². The van der Waals surface area contributed by atoms with Gasteiger partial charge in [0.25, 0.3) is 5.91 Å². The van der Waals surface area contributed by atoms with E-state index in [1.807, 2.05) is 0 Å². The maximum atomic E-state index is 12.1. The third-order valence-corrected chi connectivity index (χ3v) is 2.78.